The minimum Gasteiger partial charge on any atom is -0.469 e. The van der Waals surface area contributed by atoms with E-state index in [1.807, 2.05) is 20.8 Å². The van der Waals surface area contributed by atoms with E-state index in [9.17, 15) is 9.59 Å². The first kappa shape index (κ1) is 24.1. The zero-order valence-corrected chi connectivity index (χ0v) is 16.0. The SMILES string of the molecule is CC.CCC/C=C(/NC(=O)OC(C)(C)C)C(=N)/C=C/CC(=O)OC. The van der Waals surface area contributed by atoms with E-state index in [0.717, 1.165) is 12.8 Å². The number of carbonyl (C=O) groups excluding carboxylic acids is 2. The van der Waals surface area contributed by atoms with Crippen LogP contribution in [0.1, 0.15) is 60.8 Å². The number of methoxy groups -OCH3 is 1. The quantitative estimate of drug-likeness (QED) is 0.532. The predicted octanol–water partition coefficient (Wildman–Crippen LogP) is 4.36. The maximum atomic E-state index is 11.8. The molecule has 6 nitrogen and oxygen atoms in total. The van der Waals surface area contributed by atoms with Crippen molar-refractivity contribution in [3.63, 3.8) is 0 Å². The highest BCUT2D eigenvalue weighted by molar-refractivity contribution is 6.07. The average Bonchev–Trinajstić information content (AvgIpc) is 2.51. The first-order valence-electron chi connectivity index (χ1n) is 8.22. The van der Waals surface area contributed by atoms with Crippen LogP contribution in [-0.4, -0.2) is 30.5 Å². The van der Waals surface area contributed by atoms with E-state index >= 15 is 0 Å². The normalized spacial score (nSPS) is 11.4. The van der Waals surface area contributed by atoms with Gasteiger partial charge in [0.1, 0.15) is 5.60 Å². The van der Waals surface area contributed by atoms with Crippen molar-refractivity contribution in [2.75, 3.05) is 7.11 Å². The van der Waals surface area contributed by atoms with Crippen molar-refractivity contribution in [1.29, 1.82) is 5.41 Å². The van der Waals surface area contributed by atoms with Gasteiger partial charge in [-0.25, -0.2) is 4.79 Å². The molecule has 2 N–H and O–H groups in total. The summed E-state index contributed by atoms with van der Waals surface area (Å²) in [6.07, 6.45) is 5.81. The molecule has 138 valence electrons. The first-order valence-corrected chi connectivity index (χ1v) is 8.22. The number of hydrogen-bond donors (Lipinski definition) is 2. The Morgan fingerprint density at radius 1 is 1.21 bits per heavy atom. The topological polar surface area (TPSA) is 88.5 Å². The van der Waals surface area contributed by atoms with Crippen LogP contribution >= 0.6 is 0 Å². The maximum Gasteiger partial charge on any atom is 0.412 e. The van der Waals surface area contributed by atoms with Crippen LogP contribution in [0.4, 0.5) is 4.79 Å². The summed E-state index contributed by atoms with van der Waals surface area (Å²) in [4.78, 5) is 22.8. The molecule has 0 aliphatic carbocycles. The number of allylic oxidation sites excluding steroid dienone is 2. The Labute approximate surface area is 145 Å². The van der Waals surface area contributed by atoms with Gasteiger partial charge < -0.3 is 9.47 Å². The summed E-state index contributed by atoms with van der Waals surface area (Å²) in [5.41, 5.74) is -0.150. The zero-order valence-electron chi connectivity index (χ0n) is 16.0. The minimum atomic E-state index is -0.610. The van der Waals surface area contributed by atoms with E-state index in [0.29, 0.717) is 5.70 Å². The van der Waals surface area contributed by atoms with Gasteiger partial charge in [-0.1, -0.05) is 39.3 Å². The van der Waals surface area contributed by atoms with Gasteiger partial charge in [-0.05, 0) is 33.3 Å². The molecule has 0 saturated heterocycles. The number of hydrogen-bond acceptors (Lipinski definition) is 5. The van der Waals surface area contributed by atoms with Gasteiger partial charge in [-0.2, -0.15) is 0 Å². The summed E-state index contributed by atoms with van der Waals surface area (Å²) in [6.45, 7) is 11.3. The fraction of sp³-hybridized carbons (Fsp3) is 0.611. The highest BCUT2D eigenvalue weighted by atomic mass is 16.6. The molecule has 0 aliphatic heterocycles. The second-order valence-electron chi connectivity index (χ2n) is 5.63. The van der Waals surface area contributed by atoms with E-state index in [1.165, 1.54) is 19.3 Å². The zero-order chi connectivity index (χ0) is 19.2. The van der Waals surface area contributed by atoms with Crippen molar-refractivity contribution < 1.29 is 19.1 Å². The van der Waals surface area contributed by atoms with Crippen LogP contribution in [0.25, 0.3) is 0 Å². The Bertz CT molecular complexity index is 460. The van der Waals surface area contributed by atoms with E-state index in [1.54, 1.807) is 26.8 Å². The molecule has 0 radical (unpaired) electrons. The number of esters is 1. The lowest BCUT2D eigenvalue weighted by Gasteiger charge is -2.20. The smallest absolute Gasteiger partial charge is 0.412 e. The van der Waals surface area contributed by atoms with Gasteiger partial charge in [0, 0.05) is 0 Å². The molecule has 0 heterocycles. The Kier molecular flexibility index (Phi) is 13.4. The second-order valence-corrected chi connectivity index (χ2v) is 5.63. The van der Waals surface area contributed by atoms with E-state index in [4.69, 9.17) is 10.1 Å². The van der Waals surface area contributed by atoms with Crippen LogP contribution in [-0.2, 0) is 14.3 Å². The van der Waals surface area contributed by atoms with Gasteiger partial charge in [0.25, 0.3) is 0 Å². The molecule has 24 heavy (non-hydrogen) atoms. The summed E-state index contributed by atoms with van der Waals surface area (Å²) < 4.78 is 9.68. The predicted molar refractivity (Wildman–Crippen MR) is 97.2 cm³/mol. The highest BCUT2D eigenvalue weighted by Crippen LogP contribution is 2.08. The number of alkyl carbamates (subject to hydrolysis) is 1. The molecule has 0 aromatic carbocycles. The molecule has 0 aromatic rings. The number of rotatable bonds is 7. The van der Waals surface area contributed by atoms with Crippen molar-refractivity contribution in [2.45, 2.75) is 66.4 Å². The minimum absolute atomic E-state index is 0.0758. The van der Waals surface area contributed by atoms with Crippen molar-refractivity contribution in [3.05, 3.63) is 23.9 Å². The lowest BCUT2D eigenvalue weighted by atomic mass is 10.2. The number of unbranched alkanes of at least 4 members (excludes halogenated alkanes) is 1. The molecule has 0 aromatic heterocycles. The highest BCUT2D eigenvalue weighted by Gasteiger charge is 2.17. The van der Waals surface area contributed by atoms with E-state index < -0.39 is 11.7 Å². The Morgan fingerprint density at radius 2 is 1.79 bits per heavy atom. The van der Waals surface area contributed by atoms with Gasteiger partial charge >= 0.3 is 12.1 Å². The number of amides is 1. The first-order chi connectivity index (χ1) is 11.2. The van der Waals surface area contributed by atoms with Gasteiger partial charge in [0.2, 0.25) is 0 Å². The number of ether oxygens (including phenoxy) is 2. The molecule has 1 amide bonds. The standard InChI is InChI=1S/C16H26N2O4.C2H6/c1-6-7-10-13(18-15(20)22-16(2,3)4)12(17)9-8-11-14(19)21-5;1-2/h8-10,17H,6-7,11H2,1-5H3,(H,18,20);1-2H3/b9-8+,13-10+,17-12?;. The van der Waals surface area contributed by atoms with Crippen molar-refractivity contribution in [3.8, 4) is 0 Å². The summed E-state index contributed by atoms with van der Waals surface area (Å²) in [5, 5.41) is 10.5. The molecule has 0 saturated carbocycles. The molecular formula is C18H32N2O4. The van der Waals surface area contributed by atoms with E-state index in [2.05, 4.69) is 10.1 Å². The Hall–Kier alpha value is -2.11. The summed E-state index contributed by atoms with van der Waals surface area (Å²) in [7, 11) is 1.30. The molecule has 0 aliphatic rings. The lowest BCUT2D eigenvalue weighted by molar-refractivity contribution is -0.139. The summed E-state index contributed by atoms with van der Waals surface area (Å²) in [5.74, 6) is -0.386. The van der Waals surface area contributed by atoms with Crippen LogP contribution in [0, 0.1) is 5.41 Å². The number of nitrogens with one attached hydrogen (secondary N) is 2. The summed E-state index contributed by atoms with van der Waals surface area (Å²) >= 11 is 0. The third kappa shape index (κ3) is 13.5. The van der Waals surface area contributed by atoms with Crippen molar-refractivity contribution >= 4 is 17.8 Å². The average molecular weight is 340 g/mol. The molecule has 0 rings (SSSR count). The molecule has 0 atom stereocenters. The second kappa shape index (κ2) is 13.3. The molecule has 0 bridgehead atoms. The van der Waals surface area contributed by atoms with E-state index in [-0.39, 0.29) is 18.1 Å². The largest absolute Gasteiger partial charge is 0.469 e. The van der Waals surface area contributed by atoms with Crippen LogP contribution in [0.3, 0.4) is 0 Å². The van der Waals surface area contributed by atoms with Gasteiger partial charge in [-0.15, -0.1) is 0 Å². The Morgan fingerprint density at radius 3 is 2.25 bits per heavy atom. The van der Waals surface area contributed by atoms with Crippen LogP contribution in [0.2, 0.25) is 0 Å². The molecule has 0 fully saturated rings. The van der Waals surface area contributed by atoms with Gasteiger partial charge in [0.05, 0.1) is 24.9 Å². The van der Waals surface area contributed by atoms with Crippen molar-refractivity contribution in [2.24, 2.45) is 0 Å². The van der Waals surface area contributed by atoms with Gasteiger partial charge in [0.15, 0.2) is 0 Å². The maximum absolute atomic E-state index is 11.8. The molecular weight excluding hydrogens is 308 g/mol. The van der Waals surface area contributed by atoms with Crippen LogP contribution in [0.15, 0.2) is 23.9 Å². The van der Waals surface area contributed by atoms with Crippen molar-refractivity contribution in [1.82, 2.24) is 5.32 Å². The summed E-state index contributed by atoms with van der Waals surface area (Å²) in [6, 6.07) is 0. The fourth-order valence-corrected chi connectivity index (χ4v) is 1.38. The third-order valence-corrected chi connectivity index (χ3v) is 2.36. The molecule has 6 heteroatoms. The monoisotopic (exact) mass is 340 g/mol. The van der Waals surface area contributed by atoms with Crippen LogP contribution < -0.4 is 5.32 Å². The van der Waals surface area contributed by atoms with Gasteiger partial charge in [-0.3, -0.25) is 15.5 Å². The fourth-order valence-electron chi connectivity index (χ4n) is 1.38. The third-order valence-electron chi connectivity index (χ3n) is 2.36. The van der Waals surface area contributed by atoms with Crippen LogP contribution in [0.5, 0.6) is 0 Å². The number of carbonyl (C=O) groups is 2. The Balaban J connectivity index is 0. The lowest BCUT2D eigenvalue weighted by Crippen LogP contribution is -2.33. The molecule has 0 spiro atoms. The molecule has 0 unspecified atom stereocenters.